The molecule has 7 heteroatoms. The van der Waals surface area contributed by atoms with Crippen LogP contribution in [0.25, 0.3) is 0 Å². The molecule has 0 saturated heterocycles. The van der Waals surface area contributed by atoms with E-state index in [0.29, 0.717) is 6.42 Å². The number of anilines is 1. The van der Waals surface area contributed by atoms with Crippen LogP contribution in [-0.2, 0) is 10.3 Å². The summed E-state index contributed by atoms with van der Waals surface area (Å²) in [7, 11) is 0. The number of amidine groups is 1. The average Bonchev–Trinajstić information content (AvgIpc) is 3.10. The van der Waals surface area contributed by atoms with Crippen LogP contribution in [-0.4, -0.2) is 18.6 Å². The van der Waals surface area contributed by atoms with Crippen LogP contribution < -0.4 is 11.5 Å². The first-order valence-corrected chi connectivity index (χ1v) is 5.81. The van der Waals surface area contributed by atoms with Crippen LogP contribution in [0.2, 0.25) is 0 Å². The molecule has 1 saturated carbocycles. The molecule has 1 heterocycles. The maximum absolute atomic E-state index is 13.9. The van der Waals surface area contributed by atoms with Crippen LogP contribution in [0.4, 0.5) is 18.9 Å². The maximum Gasteiger partial charge on any atom is 0.283 e. The molecule has 0 aromatic heterocycles. The molecular formula is C12H12F3N3O. The van der Waals surface area contributed by atoms with Crippen molar-refractivity contribution >= 4 is 11.7 Å². The zero-order valence-corrected chi connectivity index (χ0v) is 9.82. The third kappa shape index (κ3) is 1.64. The van der Waals surface area contributed by atoms with E-state index in [9.17, 15) is 13.2 Å². The molecule has 1 aliphatic carbocycles. The summed E-state index contributed by atoms with van der Waals surface area (Å²) in [6, 6.07) is 3.24. The van der Waals surface area contributed by atoms with E-state index in [1.165, 1.54) is 12.1 Å². The smallest absolute Gasteiger partial charge is 0.283 e. The van der Waals surface area contributed by atoms with Crippen molar-refractivity contribution in [1.29, 1.82) is 0 Å². The summed E-state index contributed by atoms with van der Waals surface area (Å²) in [6.07, 6.45) is -2.93. The zero-order chi connectivity index (χ0) is 13.8. The predicted molar refractivity (Wildman–Crippen MR) is 63.1 cm³/mol. The van der Waals surface area contributed by atoms with Crippen molar-refractivity contribution in [2.75, 3.05) is 5.73 Å². The normalized spacial score (nSPS) is 32.5. The van der Waals surface area contributed by atoms with E-state index in [1.54, 1.807) is 0 Å². The predicted octanol–water partition coefficient (Wildman–Crippen LogP) is 1.60. The second-order valence-electron chi connectivity index (χ2n) is 4.81. The average molecular weight is 271 g/mol. The number of aliphatic imine (C=N–C) groups is 1. The zero-order valence-electron chi connectivity index (χ0n) is 9.82. The van der Waals surface area contributed by atoms with Crippen LogP contribution in [0.5, 0.6) is 0 Å². The van der Waals surface area contributed by atoms with E-state index in [2.05, 4.69) is 4.99 Å². The Morgan fingerprint density at radius 3 is 2.79 bits per heavy atom. The number of nitrogens with two attached hydrogens (primary N) is 2. The number of halogens is 3. The van der Waals surface area contributed by atoms with Crippen molar-refractivity contribution < 1.29 is 17.9 Å². The number of fused-ring (bicyclic) bond motifs is 1. The molecule has 3 atom stereocenters. The van der Waals surface area contributed by atoms with Gasteiger partial charge in [0.15, 0.2) is 5.54 Å². The van der Waals surface area contributed by atoms with Crippen molar-refractivity contribution in [3.05, 3.63) is 29.6 Å². The summed E-state index contributed by atoms with van der Waals surface area (Å²) in [6.45, 7) is 0. The Balaban J connectivity index is 2.21. The number of rotatable bonds is 2. The molecule has 1 unspecified atom stereocenters. The fourth-order valence-electron chi connectivity index (χ4n) is 2.65. The third-order valence-corrected chi connectivity index (χ3v) is 3.62. The molecule has 1 aliphatic heterocycles. The van der Waals surface area contributed by atoms with Gasteiger partial charge in [0, 0.05) is 17.2 Å². The monoisotopic (exact) mass is 271 g/mol. The highest BCUT2D eigenvalue weighted by Gasteiger charge is 2.64. The van der Waals surface area contributed by atoms with Gasteiger partial charge < -0.3 is 16.2 Å². The van der Waals surface area contributed by atoms with Gasteiger partial charge in [0.1, 0.15) is 11.9 Å². The van der Waals surface area contributed by atoms with E-state index in [4.69, 9.17) is 16.2 Å². The first kappa shape index (κ1) is 12.1. The number of ether oxygens (including phenoxy) is 1. The summed E-state index contributed by atoms with van der Waals surface area (Å²) >= 11 is 0. The third-order valence-electron chi connectivity index (χ3n) is 3.62. The quantitative estimate of drug-likeness (QED) is 0.802. The molecule has 4 nitrogen and oxygen atoms in total. The lowest BCUT2D eigenvalue weighted by atomic mass is 9.84. The number of alkyl halides is 2. The largest absolute Gasteiger partial charge is 0.462 e. The van der Waals surface area contributed by atoms with E-state index < -0.39 is 29.8 Å². The standard InChI is InChI=1S/C12H12F3N3O/c13-8-2-1-5(16)3-6(8)12(10(14)15)7-4-9(7)19-11(17)18-12/h1-3,7,9-10H,4,16H2,(H2,17,18)/t7-,9?,12+/m0/s1. The van der Waals surface area contributed by atoms with Crippen LogP contribution in [0.1, 0.15) is 12.0 Å². The van der Waals surface area contributed by atoms with Crippen molar-refractivity contribution in [1.82, 2.24) is 0 Å². The van der Waals surface area contributed by atoms with Crippen molar-refractivity contribution in [3.8, 4) is 0 Å². The first-order chi connectivity index (χ1) is 8.95. The second-order valence-corrected chi connectivity index (χ2v) is 4.81. The molecule has 1 aromatic rings. The summed E-state index contributed by atoms with van der Waals surface area (Å²) in [4.78, 5) is 3.73. The lowest BCUT2D eigenvalue weighted by molar-refractivity contribution is 0.0177. The van der Waals surface area contributed by atoms with E-state index in [0.717, 1.165) is 6.07 Å². The van der Waals surface area contributed by atoms with Gasteiger partial charge in [0.2, 0.25) is 0 Å². The number of nitrogen functional groups attached to an aromatic ring is 1. The van der Waals surface area contributed by atoms with E-state index in [-0.39, 0.29) is 17.3 Å². The van der Waals surface area contributed by atoms with Crippen molar-refractivity contribution in [2.24, 2.45) is 16.6 Å². The van der Waals surface area contributed by atoms with Gasteiger partial charge >= 0.3 is 0 Å². The number of benzene rings is 1. The fraction of sp³-hybridized carbons (Fsp3) is 0.417. The lowest BCUT2D eigenvalue weighted by Crippen LogP contribution is -2.43. The minimum absolute atomic E-state index is 0.203. The number of hydrogen-bond donors (Lipinski definition) is 2. The number of hydrogen-bond acceptors (Lipinski definition) is 4. The van der Waals surface area contributed by atoms with Crippen LogP contribution in [0, 0.1) is 11.7 Å². The topological polar surface area (TPSA) is 73.6 Å². The molecule has 1 aromatic carbocycles. The summed E-state index contributed by atoms with van der Waals surface area (Å²) in [5.74, 6) is -1.34. The molecule has 1 fully saturated rings. The minimum atomic E-state index is -2.89. The minimum Gasteiger partial charge on any atom is -0.462 e. The fourth-order valence-corrected chi connectivity index (χ4v) is 2.65. The summed E-state index contributed by atoms with van der Waals surface area (Å²) < 4.78 is 46.2. The van der Waals surface area contributed by atoms with Gasteiger partial charge in [0.05, 0.1) is 0 Å². The van der Waals surface area contributed by atoms with Crippen molar-refractivity contribution in [2.45, 2.75) is 24.5 Å². The Bertz CT molecular complexity index is 563. The van der Waals surface area contributed by atoms with Gasteiger partial charge in [-0.2, -0.15) is 0 Å². The molecule has 102 valence electrons. The Labute approximate surface area is 107 Å². The van der Waals surface area contributed by atoms with Gasteiger partial charge in [-0.05, 0) is 24.6 Å². The Morgan fingerprint density at radius 1 is 1.37 bits per heavy atom. The van der Waals surface area contributed by atoms with Crippen LogP contribution in [0.3, 0.4) is 0 Å². The lowest BCUT2D eigenvalue weighted by Gasteiger charge is -2.33. The molecule has 0 amide bonds. The second kappa shape index (κ2) is 3.79. The van der Waals surface area contributed by atoms with Crippen LogP contribution >= 0.6 is 0 Å². The van der Waals surface area contributed by atoms with Gasteiger partial charge in [-0.1, -0.05) is 0 Å². The van der Waals surface area contributed by atoms with Crippen LogP contribution in [0.15, 0.2) is 23.2 Å². The molecule has 0 bridgehead atoms. The Morgan fingerprint density at radius 2 is 2.11 bits per heavy atom. The Hall–Kier alpha value is -1.92. The Kier molecular flexibility index (Phi) is 2.42. The van der Waals surface area contributed by atoms with Gasteiger partial charge in [0.25, 0.3) is 12.4 Å². The summed E-state index contributed by atoms with van der Waals surface area (Å²) in [5, 5.41) is 0. The van der Waals surface area contributed by atoms with Gasteiger partial charge in [-0.15, -0.1) is 0 Å². The molecule has 2 aliphatic rings. The highest BCUT2D eigenvalue weighted by Crippen LogP contribution is 2.56. The summed E-state index contributed by atoms with van der Waals surface area (Å²) in [5.41, 5.74) is 8.98. The first-order valence-electron chi connectivity index (χ1n) is 5.81. The highest BCUT2D eigenvalue weighted by atomic mass is 19.3. The molecule has 19 heavy (non-hydrogen) atoms. The molecule has 0 spiro atoms. The van der Waals surface area contributed by atoms with Gasteiger partial charge in [-0.3, -0.25) is 0 Å². The SMILES string of the molecule is NC1=N[C@@](c2cc(N)ccc2F)(C(F)F)[C@H]2CC2O1. The highest BCUT2D eigenvalue weighted by molar-refractivity contribution is 5.74. The van der Waals surface area contributed by atoms with Crippen molar-refractivity contribution in [3.63, 3.8) is 0 Å². The number of nitrogens with zero attached hydrogens (tertiary/aromatic N) is 1. The molecular weight excluding hydrogens is 259 g/mol. The van der Waals surface area contributed by atoms with E-state index in [1.807, 2.05) is 0 Å². The van der Waals surface area contributed by atoms with Gasteiger partial charge in [-0.25, -0.2) is 18.2 Å². The van der Waals surface area contributed by atoms with E-state index >= 15 is 0 Å². The maximum atomic E-state index is 13.9. The molecule has 0 radical (unpaired) electrons. The molecule has 4 N–H and O–H groups in total. The molecule has 3 rings (SSSR count).